The van der Waals surface area contributed by atoms with Crippen LogP contribution < -0.4 is 4.74 Å². The van der Waals surface area contributed by atoms with E-state index in [4.69, 9.17) is 4.74 Å². The molecule has 3 heterocycles. The Hall–Kier alpha value is -2.33. The molecule has 0 fully saturated rings. The van der Waals surface area contributed by atoms with E-state index in [2.05, 4.69) is 64.5 Å². The summed E-state index contributed by atoms with van der Waals surface area (Å²) in [5, 5.41) is 0. The maximum absolute atomic E-state index is 5.90. The molecule has 3 aromatic rings. The van der Waals surface area contributed by atoms with E-state index in [0.717, 1.165) is 37.6 Å². The predicted molar refractivity (Wildman–Crippen MR) is 90.7 cm³/mol. The molecule has 4 heteroatoms. The number of hydrogen-bond donors (Lipinski definition) is 0. The summed E-state index contributed by atoms with van der Waals surface area (Å²) in [4.78, 5) is 6.96. The number of benzene rings is 1. The largest absolute Gasteiger partial charge is 0.492 e. The van der Waals surface area contributed by atoms with Crippen molar-refractivity contribution in [3.05, 3.63) is 65.1 Å². The van der Waals surface area contributed by atoms with Crippen molar-refractivity contribution in [1.29, 1.82) is 0 Å². The summed E-state index contributed by atoms with van der Waals surface area (Å²) in [5.74, 6) is 1.02. The first kappa shape index (κ1) is 14.3. The van der Waals surface area contributed by atoms with Gasteiger partial charge < -0.3 is 9.14 Å². The maximum atomic E-state index is 5.90. The van der Waals surface area contributed by atoms with Gasteiger partial charge in [-0.05, 0) is 32.0 Å². The molecule has 0 saturated heterocycles. The molecule has 118 valence electrons. The third-order valence-corrected chi connectivity index (χ3v) is 4.46. The van der Waals surface area contributed by atoms with Crippen molar-refractivity contribution in [3.8, 4) is 5.75 Å². The van der Waals surface area contributed by atoms with Crippen LogP contribution in [-0.2, 0) is 13.1 Å². The highest BCUT2D eigenvalue weighted by molar-refractivity contribution is 5.42. The number of rotatable bonds is 2. The van der Waals surface area contributed by atoms with E-state index in [1.807, 2.05) is 6.20 Å². The van der Waals surface area contributed by atoms with Gasteiger partial charge in [0.15, 0.2) is 0 Å². The fourth-order valence-electron chi connectivity index (χ4n) is 3.33. The average Bonchev–Trinajstić information content (AvgIpc) is 2.83. The highest BCUT2D eigenvalue weighted by atomic mass is 16.5. The van der Waals surface area contributed by atoms with Crippen LogP contribution in [-0.4, -0.2) is 27.4 Å². The van der Waals surface area contributed by atoms with E-state index >= 15 is 0 Å². The smallest absolute Gasteiger partial charge is 0.137 e. The minimum absolute atomic E-state index is 0.728. The van der Waals surface area contributed by atoms with Crippen LogP contribution in [0.15, 0.2) is 42.6 Å². The van der Waals surface area contributed by atoms with Gasteiger partial charge in [-0.1, -0.05) is 23.8 Å². The topological polar surface area (TPSA) is 29.8 Å². The van der Waals surface area contributed by atoms with E-state index in [9.17, 15) is 0 Å². The highest BCUT2D eigenvalue weighted by Crippen LogP contribution is 2.25. The Balaban J connectivity index is 1.63. The molecule has 0 saturated carbocycles. The normalized spacial score (nSPS) is 15.2. The minimum Gasteiger partial charge on any atom is -0.492 e. The zero-order valence-electron chi connectivity index (χ0n) is 13.6. The van der Waals surface area contributed by atoms with Crippen LogP contribution in [0.4, 0.5) is 0 Å². The number of aryl methyl sites for hydroxylation is 2. The van der Waals surface area contributed by atoms with Crippen LogP contribution >= 0.6 is 0 Å². The van der Waals surface area contributed by atoms with Crippen molar-refractivity contribution < 1.29 is 4.74 Å². The first-order chi connectivity index (χ1) is 11.2. The second-order valence-electron chi connectivity index (χ2n) is 6.28. The van der Waals surface area contributed by atoms with E-state index in [-0.39, 0.29) is 0 Å². The van der Waals surface area contributed by atoms with Gasteiger partial charge in [0, 0.05) is 30.9 Å². The van der Waals surface area contributed by atoms with Gasteiger partial charge in [0.1, 0.15) is 18.0 Å². The third kappa shape index (κ3) is 2.70. The summed E-state index contributed by atoms with van der Waals surface area (Å²) in [6, 6.07) is 12.7. The summed E-state index contributed by atoms with van der Waals surface area (Å²) in [7, 11) is 0. The van der Waals surface area contributed by atoms with E-state index in [1.54, 1.807) is 0 Å². The number of pyridine rings is 1. The van der Waals surface area contributed by atoms with Gasteiger partial charge in [-0.15, -0.1) is 0 Å². The van der Waals surface area contributed by atoms with E-state index < -0.39 is 0 Å². The van der Waals surface area contributed by atoms with Crippen molar-refractivity contribution in [1.82, 2.24) is 14.3 Å². The molecule has 2 aromatic heterocycles. The summed E-state index contributed by atoms with van der Waals surface area (Å²) in [6.45, 7) is 7.70. The Kier molecular flexibility index (Phi) is 3.54. The molecule has 1 aliphatic rings. The van der Waals surface area contributed by atoms with Crippen LogP contribution in [0.25, 0.3) is 5.65 Å². The zero-order chi connectivity index (χ0) is 15.8. The van der Waals surface area contributed by atoms with Crippen molar-refractivity contribution in [3.63, 3.8) is 0 Å². The SMILES string of the molecule is Cc1ccc2c(c1)CN(Cc1cnc3cccc(C)n13)CCO2. The molecule has 4 nitrogen and oxygen atoms in total. The van der Waals surface area contributed by atoms with Crippen LogP contribution in [0.5, 0.6) is 5.75 Å². The molecule has 23 heavy (non-hydrogen) atoms. The van der Waals surface area contributed by atoms with Gasteiger partial charge in [-0.2, -0.15) is 0 Å². The van der Waals surface area contributed by atoms with E-state index in [1.165, 1.54) is 22.5 Å². The van der Waals surface area contributed by atoms with Gasteiger partial charge in [-0.3, -0.25) is 4.90 Å². The maximum Gasteiger partial charge on any atom is 0.137 e. The Labute approximate surface area is 136 Å². The molecule has 0 N–H and O–H groups in total. The number of fused-ring (bicyclic) bond motifs is 2. The molecule has 0 aliphatic carbocycles. The van der Waals surface area contributed by atoms with Crippen LogP contribution in [0, 0.1) is 13.8 Å². The Morgan fingerprint density at radius 1 is 1.17 bits per heavy atom. The molecule has 0 bridgehead atoms. The second kappa shape index (κ2) is 5.70. The summed E-state index contributed by atoms with van der Waals surface area (Å²) < 4.78 is 8.14. The second-order valence-corrected chi connectivity index (χ2v) is 6.28. The monoisotopic (exact) mass is 307 g/mol. The Morgan fingerprint density at radius 3 is 3.00 bits per heavy atom. The molecule has 0 unspecified atom stereocenters. The molecule has 0 atom stereocenters. The Morgan fingerprint density at radius 2 is 2.09 bits per heavy atom. The highest BCUT2D eigenvalue weighted by Gasteiger charge is 2.17. The van der Waals surface area contributed by atoms with E-state index in [0.29, 0.717) is 0 Å². The lowest BCUT2D eigenvalue weighted by Gasteiger charge is -2.19. The quantitative estimate of drug-likeness (QED) is 0.727. The first-order valence-electron chi connectivity index (χ1n) is 8.07. The fourth-order valence-corrected chi connectivity index (χ4v) is 3.33. The number of nitrogens with zero attached hydrogens (tertiary/aromatic N) is 3. The fraction of sp³-hybridized carbons (Fsp3) is 0.316. The van der Waals surface area contributed by atoms with Crippen molar-refractivity contribution in [2.24, 2.45) is 0 Å². The first-order valence-corrected chi connectivity index (χ1v) is 8.07. The number of hydrogen-bond acceptors (Lipinski definition) is 3. The standard InChI is InChI=1S/C19H21N3O/c1-14-6-7-18-16(10-14)12-21(8-9-23-18)13-17-11-20-19-5-3-4-15(2)22(17)19/h3-7,10-11H,8-9,12-13H2,1-2H3. The van der Waals surface area contributed by atoms with Crippen LogP contribution in [0.1, 0.15) is 22.5 Å². The molecular formula is C19H21N3O. The van der Waals surface area contributed by atoms with Gasteiger partial charge in [0.05, 0.1) is 11.9 Å². The average molecular weight is 307 g/mol. The number of ether oxygens (including phenoxy) is 1. The van der Waals surface area contributed by atoms with Gasteiger partial charge >= 0.3 is 0 Å². The summed E-state index contributed by atoms with van der Waals surface area (Å²) in [6.07, 6.45) is 1.99. The van der Waals surface area contributed by atoms with Crippen molar-refractivity contribution in [2.45, 2.75) is 26.9 Å². The lowest BCUT2D eigenvalue weighted by molar-refractivity contribution is 0.217. The third-order valence-electron chi connectivity index (χ3n) is 4.46. The zero-order valence-corrected chi connectivity index (χ0v) is 13.6. The molecule has 0 radical (unpaired) electrons. The molecule has 0 amide bonds. The molecule has 4 rings (SSSR count). The Bertz CT molecular complexity index is 853. The molecule has 0 spiro atoms. The molecule has 1 aromatic carbocycles. The number of imidazole rings is 1. The van der Waals surface area contributed by atoms with Crippen LogP contribution in [0.3, 0.4) is 0 Å². The van der Waals surface area contributed by atoms with Gasteiger partial charge in [-0.25, -0.2) is 4.98 Å². The lowest BCUT2D eigenvalue weighted by atomic mass is 10.1. The van der Waals surface area contributed by atoms with Gasteiger partial charge in [0.2, 0.25) is 0 Å². The summed E-state index contributed by atoms with van der Waals surface area (Å²) in [5.41, 5.74) is 6.02. The summed E-state index contributed by atoms with van der Waals surface area (Å²) >= 11 is 0. The molecule has 1 aliphatic heterocycles. The van der Waals surface area contributed by atoms with Crippen LogP contribution in [0.2, 0.25) is 0 Å². The van der Waals surface area contributed by atoms with Crippen molar-refractivity contribution in [2.75, 3.05) is 13.2 Å². The minimum atomic E-state index is 0.728. The molecular weight excluding hydrogens is 286 g/mol. The van der Waals surface area contributed by atoms with Gasteiger partial charge in [0.25, 0.3) is 0 Å². The predicted octanol–water partition coefficient (Wildman–Crippen LogP) is 3.35. The number of aromatic nitrogens is 2. The lowest BCUT2D eigenvalue weighted by Crippen LogP contribution is -2.26. The van der Waals surface area contributed by atoms with Crippen molar-refractivity contribution >= 4 is 5.65 Å².